The lowest BCUT2D eigenvalue weighted by Gasteiger charge is -2.12. The van der Waals surface area contributed by atoms with Gasteiger partial charge in [-0.1, -0.05) is 5.21 Å². The van der Waals surface area contributed by atoms with Crippen LogP contribution in [0.4, 0.5) is 5.82 Å². The van der Waals surface area contributed by atoms with Crippen molar-refractivity contribution in [1.82, 2.24) is 35.6 Å². The zero-order valence-electron chi connectivity index (χ0n) is 18.2. The number of amides is 1. The van der Waals surface area contributed by atoms with Gasteiger partial charge in [0, 0.05) is 18.7 Å². The van der Waals surface area contributed by atoms with Crippen molar-refractivity contribution in [2.45, 2.75) is 6.54 Å². The number of nitrogens with two attached hydrogens (primary N) is 1. The molecular formula is C18H23N9O5. The van der Waals surface area contributed by atoms with Crippen molar-refractivity contribution < 1.29 is 23.6 Å². The molecule has 0 fully saturated rings. The number of rotatable bonds is 9. The molecule has 0 aliphatic rings. The third-order valence-electron chi connectivity index (χ3n) is 4.25. The predicted octanol–water partition coefficient (Wildman–Crippen LogP) is 0.0838. The van der Waals surface area contributed by atoms with Gasteiger partial charge in [0.15, 0.2) is 5.69 Å². The van der Waals surface area contributed by atoms with Crippen molar-refractivity contribution in [3.8, 4) is 23.1 Å². The van der Waals surface area contributed by atoms with E-state index in [1.165, 1.54) is 32.2 Å². The lowest BCUT2D eigenvalue weighted by molar-refractivity contribution is 0.0948. The second kappa shape index (κ2) is 9.74. The minimum Gasteiger partial charge on any atom is -0.496 e. The SMILES string of the molecule is COc1cc(OC)c(/C=N/NC(=O)c2nnn(-c3nonc3N)c2CN(C)C)c(OC)c1. The van der Waals surface area contributed by atoms with Crippen molar-refractivity contribution in [1.29, 1.82) is 0 Å². The van der Waals surface area contributed by atoms with Gasteiger partial charge in [-0.05, 0) is 24.4 Å². The van der Waals surface area contributed by atoms with Crippen molar-refractivity contribution in [2.75, 3.05) is 41.2 Å². The lowest BCUT2D eigenvalue weighted by atomic mass is 10.2. The molecule has 2 aromatic heterocycles. The van der Waals surface area contributed by atoms with Gasteiger partial charge >= 0.3 is 0 Å². The maximum Gasteiger partial charge on any atom is 0.293 e. The molecule has 0 bridgehead atoms. The third kappa shape index (κ3) is 4.59. The molecule has 3 aromatic rings. The average Bonchev–Trinajstić information content (AvgIpc) is 3.38. The summed E-state index contributed by atoms with van der Waals surface area (Å²) >= 11 is 0. The van der Waals surface area contributed by atoms with E-state index in [9.17, 15) is 4.79 Å². The Bertz CT molecular complexity index is 1100. The second-order valence-electron chi connectivity index (χ2n) is 6.65. The highest BCUT2D eigenvalue weighted by atomic mass is 16.6. The molecule has 0 saturated carbocycles. The van der Waals surface area contributed by atoms with Gasteiger partial charge in [-0.15, -0.1) is 5.10 Å². The first-order chi connectivity index (χ1) is 15.4. The van der Waals surface area contributed by atoms with E-state index in [0.717, 1.165) is 0 Å². The number of benzene rings is 1. The van der Waals surface area contributed by atoms with Crippen LogP contribution in [0, 0.1) is 0 Å². The van der Waals surface area contributed by atoms with Crippen molar-refractivity contribution in [3.05, 3.63) is 29.1 Å². The molecule has 14 nitrogen and oxygen atoms in total. The van der Waals surface area contributed by atoms with Gasteiger partial charge in [0.05, 0.1) is 38.8 Å². The van der Waals surface area contributed by atoms with E-state index < -0.39 is 5.91 Å². The van der Waals surface area contributed by atoms with Gasteiger partial charge in [0.2, 0.25) is 11.6 Å². The van der Waals surface area contributed by atoms with E-state index in [-0.39, 0.29) is 17.3 Å². The Morgan fingerprint density at radius 2 is 1.91 bits per heavy atom. The summed E-state index contributed by atoms with van der Waals surface area (Å²) in [5.41, 5.74) is 9.14. The number of anilines is 1. The molecular weight excluding hydrogens is 422 g/mol. The molecule has 0 spiro atoms. The number of nitrogens with one attached hydrogen (secondary N) is 1. The van der Waals surface area contributed by atoms with E-state index in [0.29, 0.717) is 35.1 Å². The molecule has 14 heteroatoms. The fourth-order valence-electron chi connectivity index (χ4n) is 2.80. The van der Waals surface area contributed by atoms with Gasteiger partial charge in [0.25, 0.3) is 5.91 Å². The highest BCUT2D eigenvalue weighted by Gasteiger charge is 2.24. The van der Waals surface area contributed by atoms with Crippen molar-refractivity contribution >= 4 is 17.9 Å². The van der Waals surface area contributed by atoms with Crippen LogP contribution in [0.5, 0.6) is 17.2 Å². The number of nitrogens with zero attached hydrogens (tertiary/aromatic N) is 7. The van der Waals surface area contributed by atoms with Crippen molar-refractivity contribution in [3.63, 3.8) is 0 Å². The number of hydrogen-bond donors (Lipinski definition) is 2. The van der Waals surface area contributed by atoms with Crippen LogP contribution >= 0.6 is 0 Å². The van der Waals surface area contributed by atoms with Gasteiger partial charge in [-0.3, -0.25) is 4.79 Å². The monoisotopic (exact) mass is 445 g/mol. The third-order valence-corrected chi connectivity index (χ3v) is 4.25. The molecule has 2 heterocycles. The molecule has 0 aliphatic carbocycles. The fraction of sp³-hybridized carbons (Fsp3) is 0.333. The van der Waals surface area contributed by atoms with E-state index >= 15 is 0 Å². The summed E-state index contributed by atoms with van der Waals surface area (Å²) in [6.45, 7) is 0.311. The number of methoxy groups -OCH3 is 3. The number of hydrazone groups is 1. The molecule has 0 saturated heterocycles. The molecule has 0 radical (unpaired) electrons. The summed E-state index contributed by atoms with van der Waals surface area (Å²) in [6, 6.07) is 3.34. The summed E-state index contributed by atoms with van der Waals surface area (Å²) in [7, 11) is 8.18. The maximum absolute atomic E-state index is 12.8. The van der Waals surface area contributed by atoms with Crippen molar-refractivity contribution in [2.24, 2.45) is 5.10 Å². The summed E-state index contributed by atoms with van der Waals surface area (Å²) < 4.78 is 21.9. The van der Waals surface area contributed by atoms with Crippen LogP contribution in [0.25, 0.3) is 5.82 Å². The van der Waals surface area contributed by atoms with Crippen LogP contribution in [0.1, 0.15) is 21.7 Å². The molecule has 32 heavy (non-hydrogen) atoms. The summed E-state index contributed by atoms with van der Waals surface area (Å²) in [5.74, 6) is 1.00. The summed E-state index contributed by atoms with van der Waals surface area (Å²) in [4.78, 5) is 14.6. The van der Waals surface area contributed by atoms with Gasteiger partial charge in [-0.2, -0.15) is 9.78 Å². The van der Waals surface area contributed by atoms with Crippen LogP contribution in [0.15, 0.2) is 21.9 Å². The first-order valence-electron chi connectivity index (χ1n) is 9.20. The molecule has 0 aliphatic heterocycles. The first kappa shape index (κ1) is 22.5. The quantitative estimate of drug-likeness (QED) is 0.338. The standard InChI is InChI=1S/C18H23N9O5/c1-26(2)9-12-15(21-25-27(12)17-16(19)23-32-24-17)18(28)22-20-8-11-13(30-4)6-10(29-3)7-14(11)31-5/h6-8H,9H2,1-5H3,(H2,19,23)(H,22,28)/b20-8+. The number of carbonyl (C=O) groups is 1. The smallest absolute Gasteiger partial charge is 0.293 e. The maximum atomic E-state index is 12.8. The fourth-order valence-corrected chi connectivity index (χ4v) is 2.80. The Hall–Kier alpha value is -4.20. The van der Waals surface area contributed by atoms with E-state index in [2.05, 4.69) is 35.8 Å². The largest absolute Gasteiger partial charge is 0.496 e. The zero-order chi connectivity index (χ0) is 23.3. The molecule has 3 rings (SSSR count). The Morgan fingerprint density at radius 3 is 2.44 bits per heavy atom. The minimum absolute atomic E-state index is 0.0126. The number of hydrogen-bond acceptors (Lipinski definition) is 12. The Labute approximate surface area is 182 Å². The molecule has 170 valence electrons. The molecule has 0 atom stereocenters. The average molecular weight is 445 g/mol. The predicted molar refractivity (Wildman–Crippen MR) is 112 cm³/mol. The molecule has 1 amide bonds. The Kier molecular flexibility index (Phi) is 6.84. The van der Waals surface area contributed by atoms with E-state index in [1.807, 2.05) is 19.0 Å². The Balaban J connectivity index is 1.88. The summed E-state index contributed by atoms with van der Waals surface area (Å²) in [6.07, 6.45) is 1.39. The Morgan fingerprint density at radius 1 is 1.22 bits per heavy atom. The van der Waals surface area contributed by atoms with Gasteiger partial charge in [-0.25, -0.2) is 10.1 Å². The number of ether oxygens (including phenoxy) is 3. The van der Waals surface area contributed by atoms with Crippen LogP contribution < -0.4 is 25.4 Å². The normalized spacial score (nSPS) is 11.2. The first-order valence-corrected chi connectivity index (χ1v) is 9.20. The van der Waals surface area contributed by atoms with Gasteiger partial charge in [0.1, 0.15) is 17.2 Å². The van der Waals surface area contributed by atoms with Crippen LogP contribution in [0.3, 0.4) is 0 Å². The lowest BCUT2D eigenvalue weighted by Crippen LogP contribution is -2.23. The number of nitrogen functional groups attached to an aromatic ring is 1. The zero-order valence-corrected chi connectivity index (χ0v) is 18.2. The highest BCUT2D eigenvalue weighted by molar-refractivity contribution is 5.95. The second-order valence-corrected chi connectivity index (χ2v) is 6.65. The minimum atomic E-state index is -0.592. The molecule has 3 N–H and O–H groups in total. The van der Waals surface area contributed by atoms with Gasteiger partial charge < -0.3 is 24.8 Å². The van der Waals surface area contributed by atoms with E-state index in [1.54, 1.807) is 12.1 Å². The van der Waals surface area contributed by atoms with Crippen LogP contribution in [-0.4, -0.2) is 77.8 Å². The summed E-state index contributed by atoms with van der Waals surface area (Å²) in [5, 5.41) is 19.2. The molecule has 0 unspecified atom stereocenters. The topological polar surface area (TPSA) is 168 Å². The van der Waals surface area contributed by atoms with Crippen LogP contribution in [0.2, 0.25) is 0 Å². The van der Waals surface area contributed by atoms with Crippen LogP contribution in [-0.2, 0) is 6.54 Å². The number of aromatic nitrogens is 5. The van der Waals surface area contributed by atoms with E-state index in [4.69, 9.17) is 19.9 Å². The number of carbonyl (C=O) groups excluding carboxylic acids is 1. The highest BCUT2D eigenvalue weighted by Crippen LogP contribution is 2.32. The molecule has 1 aromatic carbocycles.